The summed E-state index contributed by atoms with van der Waals surface area (Å²) in [6.45, 7) is 3.78. The fraction of sp³-hybridized carbons (Fsp3) is 0.375. The van der Waals surface area contributed by atoms with Crippen molar-refractivity contribution in [3.8, 4) is 5.13 Å². The van der Waals surface area contributed by atoms with E-state index in [1.165, 1.54) is 0 Å². The fourth-order valence-corrected chi connectivity index (χ4v) is 1.77. The molecule has 0 fully saturated rings. The highest BCUT2D eigenvalue weighted by atomic mass is 32.1. The highest BCUT2D eigenvalue weighted by Crippen LogP contribution is 2.12. The van der Waals surface area contributed by atoms with Crippen molar-refractivity contribution >= 4 is 11.3 Å². The molecule has 0 amide bonds. The van der Waals surface area contributed by atoms with Gasteiger partial charge in [0.25, 0.3) is 0 Å². The van der Waals surface area contributed by atoms with Gasteiger partial charge in [-0.05, 0) is 12.6 Å². The second-order valence-electron chi connectivity index (χ2n) is 2.71. The summed E-state index contributed by atoms with van der Waals surface area (Å²) in [5, 5.41) is 17.2. The van der Waals surface area contributed by atoms with E-state index in [1.807, 2.05) is 12.3 Å². The van der Waals surface area contributed by atoms with Crippen LogP contribution in [0.5, 0.6) is 0 Å². The fourth-order valence-electron chi connectivity index (χ4n) is 1.02. The van der Waals surface area contributed by atoms with Crippen LogP contribution in [0.1, 0.15) is 11.9 Å². The summed E-state index contributed by atoms with van der Waals surface area (Å²) in [6, 6.07) is 1.87. The van der Waals surface area contributed by atoms with Gasteiger partial charge in [-0.2, -0.15) is 5.10 Å². The largest absolute Gasteiger partial charge is 0.311 e. The van der Waals surface area contributed by atoms with Gasteiger partial charge in [0.15, 0.2) is 0 Å². The van der Waals surface area contributed by atoms with Crippen molar-refractivity contribution in [2.24, 2.45) is 0 Å². The summed E-state index contributed by atoms with van der Waals surface area (Å²) < 4.78 is 1.72. The number of rotatable bonds is 4. The van der Waals surface area contributed by atoms with Gasteiger partial charge in [-0.25, -0.2) is 4.68 Å². The molecule has 2 aromatic heterocycles. The van der Waals surface area contributed by atoms with Crippen LogP contribution >= 0.6 is 11.3 Å². The first-order chi connectivity index (χ1) is 6.90. The van der Waals surface area contributed by atoms with Crippen molar-refractivity contribution in [1.82, 2.24) is 25.3 Å². The van der Waals surface area contributed by atoms with E-state index in [0.29, 0.717) is 0 Å². The maximum absolute atomic E-state index is 4.08. The third-order valence-corrected chi connectivity index (χ3v) is 2.60. The molecule has 0 saturated carbocycles. The number of nitrogens with one attached hydrogen (secondary N) is 1. The van der Waals surface area contributed by atoms with Crippen LogP contribution in [0.2, 0.25) is 0 Å². The van der Waals surface area contributed by atoms with Gasteiger partial charge >= 0.3 is 0 Å². The topological polar surface area (TPSA) is 55.6 Å². The average Bonchev–Trinajstić information content (AvgIpc) is 2.85. The van der Waals surface area contributed by atoms with E-state index in [9.17, 15) is 0 Å². The molecule has 0 saturated heterocycles. The molecule has 0 spiro atoms. The van der Waals surface area contributed by atoms with Crippen molar-refractivity contribution in [2.45, 2.75) is 13.5 Å². The molecule has 14 heavy (non-hydrogen) atoms. The third-order valence-electron chi connectivity index (χ3n) is 1.68. The van der Waals surface area contributed by atoms with Crippen molar-refractivity contribution in [2.75, 3.05) is 6.54 Å². The first-order valence-corrected chi connectivity index (χ1v) is 5.25. The Morgan fingerprint density at radius 1 is 1.50 bits per heavy atom. The molecule has 5 nitrogen and oxygen atoms in total. The van der Waals surface area contributed by atoms with E-state index < -0.39 is 0 Å². The number of hydrogen-bond acceptors (Lipinski definition) is 5. The zero-order valence-corrected chi connectivity index (χ0v) is 8.66. The highest BCUT2D eigenvalue weighted by molar-refractivity contribution is 7.13. The number of aromatic nitrogens is 4. The van der Waals surface area contributed by atoms with Gasteiger partial charge in [0, 0.05) is 18.9 Å². The van der Waals surface area contributed by atoms with Gasteiger partial charge in [-0.15, -0.1) is 10.2 Å². The van der Waals surface area contributed by atoms with Crippen LogP contribution < -0.4 is 5.32 Å². The molecule has 0 aromatic carbocycles. The molecule has 0 radical (unpaired) electrons. The summed E-state index contributed by atoms with van der Waals surface area (Å²) in [4.78, 5) is 0. The van der Waals surface area contributed by atoms with E-state index in [-0.39, 0.29) is 0 Å². The Hall–Kier alpha value is -1.27. The first kappa shape index (κ1) is 9.29. The molecule has 0 atom stereocenters. The maximum Gasteiger partial charge on any atom is 0.232 e. The molecule has 74 valence electrons. The zero-order chi connectivity index (χ0) is 9.80. The summed E-state index contributed by atoms with van der Waals surface area (Å²) in [5.74, 6) is 0. The summed E-state index contributed by atoms with van der Waals surface area (Å²) in [6.07, 6.45) is 3.59. The molecule has 2 aromatic rings. The Kier molecular flexibility index (Phi) is 2.85. The SMILES string of the molecule is CCNCc1nnc(-n2cccn2)s1. The van der Waals surface area contributed by atoms with Crippen LogP contribution in [-0.4, -0.2) is 26.5 Å². The summed E-state index contributed by atoms with van der Waals surface area (Å²) in [7, 11) is 0. The lowest BCUT2D eigenvalue weighted by atomic mass is 10.6. The van der Waals surface area contributed by atoms with Gasteiger partial charge in [-0.1, -0.05) is 18.3 Å². The molecule has 0 unspecified atom stereocenters. The molecule has 0 aliphatic carbocycles. The maximum atomic E-state index is 4.08. The molecular formula is C8H11N5S. The van der Waals surface area contributed by atoms with Crippen molar-refractivity contribution in [3.05, 3.63) is 23.5 Å². The smallest absolute Gasteiger partial charge is 0.232 e. The zero-order valence-electron chi connectivity index (χ0n) is 7.84. The second kappa shape index (κ2) is 4.30. The van der Waals surface area contributed by atoms with Gasteiger partial charge in [0.05, 0.1) is 0 Å². The molecule has 2 heterocycles. The molecular weight excluding hydrogens is 198 g/mol. The molecule has 0 aliphatic rings. The third kappa shape index (κ3) is 1.97. The summed E-state index contributed by atoms with van der Waals surface area (Å²) >= 11 is 1.55. The Morgan fingerprint density at radius 3 is 3.14 bits per heavy atom. The lowest BCUT2D eigenvalue weighted by Gasteiger charge is -1.93. The minimum atomic E-state index is 0.773. The lowest BCUT2D eigenvalue weighted by Crippen LogP contribution is -2.11. The van der Waals surface area contributed by atoms with Crippen molar-refractivity contribution in [3.63, 3.8) is 0 Å². The first-order valence-electron chi connectivity index (χ1n) is 4.43. The highest BCUT2D eigenvalue weighted by Gasteiger charge is 2.04. The number of hydrogen-bond donors (Lipinski definition) is 1. The van der Waals surface area contributed by atoms with Gasteiger partial charge in [0.2, 0.25) is 5.13 Å². The number of nitrogens with zero attached hydrogens (tertiary/aromatic N) is 4. The monoisotopic (exact) mass is 209 g/mol. The predicted octanol–water partition coefficient (Wildman–Crippen LogP) is 0.833. The van der Waals surface area contributed by atoms with E-state index >= 15 is 0 Å². The quantitative estimate of drug-likeness (QED) is 0.810. The van der Waals surface area contributed by atoms with Gasteiger partial charge < -0.3 is 5.32 Å². The van der Waals surface area contributed by atoms with E-state index in [2.05, 4.69) is 27.5 Å². The van der Waals surface area contributed by atoms with Gasteiger partial charge in [0.1, 0.15) is 5.01 Å². The minimum absolute atomic E-state index is 0.773. The van der Waals surface area contributed by atoms with E-state index in [1.54, 1.807) is 22.2 Å². The Bertz CT molecular complexity index is 380. The molecule has 1 N–H and O–H groups in total. The molecule has 0 bridgehead atoms. The van der Waals surface area contributed by atoms with E-state index in [0.717, 1.165) is 23.2 Å². The normalized spacial score (nSPS) is 10.6. The minimum Gasteiger partial charge on any atom is -0.311 e. The van der Waals surface area contributed by atoms with Gasteiger partial charge in [-0.3, -0.25) is 0 Å². The van der Waals surface area contributed by atoms with Crippen molar-refractivity contribution in [1.29, 1.82) is 0 Å². The second-order valence-corrected chi connectivity index (χ2v) is 3.75. The predicted molar refractivity (Wildman–Crippen MR) is 54.4 cm³/mol. The molecule has 0 aliphatic heterocycles. The van der Waals surface area contributed by atoms with E-state index in [4.69, 9.17) is 0 Å². The lowest BCUT2D eigenvalue weighted by molar-refractivity contribution is 0.713. The van der Waals surface area contributed by atoms with Crippen LogP contribution in [0.25, 0.3) is 5.13 Å². The summed E-state index contributed by atoms with van der Waals surface area (Å²) in [5.41, 5.74) is 0. The van der Waals surface area contributed by atoms with Crippen LogP contribution in [0.3, 0.4) is 0 Å². The standard InChI is InChI=1S/C8H11N5S/c1-2-9-6-7-11-12-8(14-7)13-5-3-4-10-13/h3-5,9H,2,6H2,1H3. The van der Waals surface area contributed by atoms with Crippen LogP contribution in [0.4, 0.5) is 0 Å². The van der Waals surface area contributed by atoms with Crippen molar-refractivity contribution < 1.29 is 0 Å². The van der Waals surface area contributed by atoms with Crippen LogP contribution in [0, 0.1) is 0 Å². The van der Waals surface area contributed by atoms with Crippen LogP contribution in [0.15, 0.2) is 18.5 Å². The Morgan fingerprint density at radius 2 is 2.43 bits per heavy atom. The van der Waals surface area contributed by atoms with Crippen LogP contribution in [-0.2, 0) is 6.54 Å². The Labute approximate surface area is 85.8 Å². The Balaban J connectivity index is 2.10. The molecule has 6 heteroatoms. The molecule has 2 rings (SSSR count). The average molecular weight is 209 g/mol.